The third-order valence-electron chi connectivity index (χ3n) is 3.65. The van der Waals surface area contributed by atoms with Crippen molar-refractivity contribution < 1.29 is 9.47 Å². The Hall–Kier alpha value is -1.75. The molecule has 0 saturated carbocycles. The molecular weight excluding hydrogens is 347 g/mol. The third kappa shape index (κ3) is 3.83. The van der Waals surface area contributed by atoms with Crippen molar-refractivity contribution in [1.29, 1.82) is 0 Å². The number of hydrogen-bond donors (Lipinski definition) is 0. The Kier molecular flexibility index (Phi) is 5.61. The first kappa shape index (κ1) is 17.1. The quantitative estimate of drug-likeness (QED) is 0.556. The average molecular weight is 365 g/mol. The maximum absolute atomic E-state index is 6.16. The molecule has 0 bridgehead atoms. The third-order valence-corrected chi connectivity index (χ3v) is 4.18. The lowest BCUT2D eigenvalue weighted by Crippen LogP contribution is -2.11. The Labute approximate surface area is 150 Å². The Morgan fingerprint density at radius 1 is 1.12 bits per heavy atom. The lowest BCUT2D eigenvalue weighted by atomic mass is 10.3. The van der Waals surface area contributed by atoms with Crippen LogP contribution in [-0.4, -0.2) is 22.8 Å². The van der Waals surface area contributed by atoms with Gasteiger partial charge in [-0.3, -0.25) is 0 Å². The minimum atomic E-state index is 0.322. The van der Waals surface area contributed by atoms with E-state index in [2.05, 4.69) is 9.55 Å². The van der Waals surface area contributed by atoms with E-state index in [4.69, 9.17) is 32.7 Å². The lowest BCUT2D eigenvalue weighted by Gasteiger charge is -2.11. The Bertz CT molecular complexity index is 833. The van der Waals surface area contributed by atoms with E-state index >= 15 is 0 Å². The second kappa shape index (κ2) is 7.88. The van der Waals surface area contributed by atoms with Gasteiger partial charge in [-0.05, 0) is 37.3 Å². The van der Waals surface area contributed by atoms with Crippen molar-refractivity contribution in [2.75, 3.05) is 13.2 Å². The summed E-state index contributed by atoms with van der Waals surface area (Å²) < 4.78 is 13.4. The zero-order valence-electron chi connectivity index (χ0n) is 13.3. The van der Waals surface area contributed by atoms with Gasteiger partial charge in [-0.15, -0.1) is 0 Å². The number of rotatable bonds is 7. The van der Waals surface area contributed by atoms with Crippen molar-refractivity contribution in [3.63, 3.8) is 0 Å². The minimum absolute atomic E-state index is 0.322. The van der Waals surface area contributed by atoms with Crippen molar-refractivity contribution in [2.24, 2.45) is 0 Å². The van der Waals surface area contributed by atoms with Gasteiger partial charge >= 0.3 is 0 Å². The average Bonchev–Trinajstić information content (AvgIpc) is 2.92. The Balaban J connectivity index is 1.83. The molecule has 0 atom stereocenters. The molecule has 126 valence electrons. The van der Waals surface area contributed by atoms with Gasteiger partial charge in [0.25, 0.3) is 0 Å². The normalized spacial score (nSPS) is 11.1. The summed E-state index contributed by atoms with van der Waals surface area (Å²) in [7, 11) is 0. The first-order valence-corrected chi connectivity index (χ1v) is 8.54. The summed E-state index contributed by atoms with van der Waals surface area (Å²) in [5.74, 6) is 1.42. The van der Waals surface area contributed by atoms with Gasteiger partial charge in [0, 0.05) is 18.2 Å². The molecular formula is C18H18Cl2N2O2. The maximum Gasteiger partial charge on any atom is 0.148 e. The molecule has 6 heteroatoms. The van der Waals surface area contributed by atoms with E-state index in [-0.39, 0.29) is 0 Å². The molecule has 2 aromatic carbocycles. The second-order valence-corrected chi connectivity index (χ2v) is 6.07. The second-order valence-electron chi connectivity index (χ2n) is 5.23. The van der Waals surface area contributed by atoms with Gasteiger partial charge < -0.3 is 14.0 Å². The van der Waals surface area contributed by atoms with Gasteiger partial charge in [0.05, 0.1) is 22.7 Å². The number of halogens is 2. The molecule has 4 nitrogen and oxygen atoms in total. The highest BCUT2D eigenvalue weighted by molar-refractivity contribution is 6.35. The van der Waals surface area contributed by atoms with Crippen LogP contribution in [0.2, 0.25) is 10.0 Å². The van der Waals surface area contributed by atoms with Crippen molar-refractivity contribution in [1.82, 2.24) is 9.55 Å². The molecule has 1 aromatic heterocycles. The van der Waals surface area contributed by atoms with Gasteiger partial charge in [-0.2, -0.15) is 0 Å². The van der Waals surface area contributed by atoms with E-state index in [1.807, 2.05) is 31.2 Å². The molecule has 0 amide bonds. The number of ether oxygens (including phenoxy) is 2. The lowest BCUT2D eigenvalue weighted by molar-refractivity contribution is 0.138. The Morgan fingerprint density at radius 3 is 2.75 bits per heavy atom. The number of hydrogen-bond acceptors (Lipinski definition) is 3. The first-order chi connectivity index (χ1) is 11.7. The van der Waals surface area contributed by atoms with Crippen LogP contribution in [0.4, 0.5) is 0 Å². The number of benzene rings is 2. The van der Waals surface area contributed by atoms with E-state index in [0.29, 0.717) is 35.6 Å². The van der Waals surface area contributed by atoms with Gasteiger partial charge in [-0.1, -0.05) is 35.3 Å². The highest BCUT2D eigenvalue weighted by Crippen LogP contribution is 2.28. The van der Waals surface area contributed by atoms with Crippen molar-refractivity contribution in [2.45, 2.75) is 20.1 Å². The number of fused-ring (bicyclic) bond motifs is 1. The predicted molar refractivity (Wildman–Crippen MR) is 97.0 cm³/mol. The molecule has 0 aliphatic heterocycles. The molecule has 24 heavy (non-hydrogen) atoms. The fourth-order valence-electron chi connectivity index (χ4n) is 2.52. The summed E-state index contributed by atoms with van der Waals surface area (Å²) in [6.07, 6.45) is 0. The molecule has 0 spiro atoms. The molecule has 0 aliphatic carbocycles. The highest BCUT2D eigenvalue weighted by atomic mass is 35.5. The molecule has 0 unspecified atom stereocenters. The van der Waals surface area contributed by atoms with Crippen LogP contribution in [0.1, 0.15) is 12.7 Å². The van der Waals surface area contributed by atoms with Crippen LogP contribution < -0.4 is 4.74 Å². The molecule has 0 N–H and O–H groups in total. The molecule has 1 heterocycles. The zero-order chi connectivity index (χ0) is 16.9. The largest absolute Gasteiger partial charge is 0.484 e. The van der Waals surface area contributed by atoms with Crippen LogP contribution >= 0.6 is 23.2 Å². The van der Waals surface area contributed by atoms with E-state index < -0.39 is 0 Å². The maximum atomic E-state index is 6.16. The summed E-state index contributed by atoms with van der Waals surface area (Å²) in [5.41, 5.74) is 2.01. The molecule has 3 rings (SSSR count). The van der Waals surface area contributed by atoms with Gasteiger partial charge in [0.1, 0.15) is 18.2 Å². The van der Waals surface area contributed by atoms with E-state index in [0.717, 1.165) is 23.4 Å². The van der Waals surface area contributed by atoms with Crippen LogP contribution in [0.5, 0.6) is 5.75 Å². The van der Waals surface area contributed by atoms with E-state index in [1.165, 1.54) is 0 Å². The standard InChI is InChI=1S/C18H18Cl2N2O2/c1-2-23-10-9-22-16-6-4-3-5-15(16)21-18(22)12-24-17-8-7-13(19)11-14(17)20/h3-8,11H,2,9-10,12H2,1H3. The molecule has 0 saturated heterocycles. The van der Waals surface area contributed by atoms with Crippen molar-refractivity contribution >= 4 is 34.2 Å². The molecule has 0 aliphatic rings. The molecule has 0 radical (unpaired) electrons. The first-order valence-electron chi connectivity index (χ1n) is 7.78. The fraction of sp³-hybridized carbons (Fsp3) is 0.278. The summed E-state index contributed by atoms with van der Waals surface area (Å²) >= 11 is 12.1. The van der Waals surface area contributed by atoms with Gasteiger partial charge in [0.2, 0.25) is 0 Å². The molecule has 0 fully saturated rings. The SMILES string of the molecule is CCOCCn1c(COc2ccc(Cl)cc2Cl)nc2ccccc21. The Morgan fingerprint density at radius 2 is 1.96 bits per heavy atom. The number of nitrogens with zero attached hydrogens (tertiary/aromatic N) is 2. The van der Waals surface area contributed by atoms with E-state index in [1.54, 1.807) is 18.2 Å². The van der Waals surface area contributed by atoms with Crippen LogP contribution in [0.3, 0.4) is 0 Å². The van der Waals surface area contributed by atoms with Crippen molar-refractivity contribution in [3.05, 3.63) is 58.3 Å². The summed E-state index contributed by atoms with van der Waals surface area (Å²) in [4.78, 5) is 4.67. The van der Waals surface area contributed by atoms with Crippen LogP contribution in [-0.2, 0) is 17.9 Å². The number of aromatic nitrogens is 2. The fourth-order valence-corrected chi connectivity index (χ4v) is 2.98. The van der Waals surface area contributed by atoms with Gasteiger partial charge in [-0.25, -0.2) is 4.98 Å². The monoisotopic (exact) mass is 364 g/mol. The van der Waals surface area contributed by atoms with Crippen LogP contribution in [0.15, 0.2) is 42.5 Å². The number of imidazole rings is 1. The highest BCUT2D eigenvalue weighted by Gasteiger charge is 2.12. The molecule has 3 aromatic rings. The van der Waals surface area contributed by atoms with Crippen LogP contribution in [0, 0.1) is 0 Å². The zero-order valence-corrected chi connectivity index (χ0v) is 14.8. The van der Waals surface area contributed by atoms with Crippen LogP contribution in [0.25, 0.3) is 11.0 Å². The van der Waals surface area contributed by atoms with E-state index in [9.17, 15) is 0 Å². The minimum Gasteiger partial charge on any atom is -0.484 e. The van der Waals surface area contributed by atoms with Gasteiger partial charge in [0.15, 0.2) is 0 Å². The number of para-hydroxylation sites is 2. The summed E-state index contributed by atoms with van der Waals surface area (Å²) in [6, 6.07) is 13.2. The van der Waals surface area contributed by atoms with Crippen molar-refractivity contribution in [3.8, 4) is 5.75 Å². The summed E-state index contributed by atoms with van der Waals surface area (Å²) in [5, 5.41) is 1.07. The summed E-state index contributed by atoms with van der Waals surface area (Å²) in [6.45, 7) is 4.35. The predicted octanol–water partition coefficient (Wildman–Crippen LogP) is 4.96. The topological polar surface area (TPSA) is 36.3 Å². The smallest absolute Gasteiger partial charge is 0.148 e.